The van der Waals surface area contributed by atoms with Gasteiger partial charge in [-0.15, -0.1) is 11.3 Å². The quantitative estimate of drug-likeness (QED) is 0.906. The minimum Gasteiger partial charge on any atom is -0.373 e. The van der Waals surface area contributed by atoms with E-state index in [9.17, 15) is 4.79 Å². The normalized spacial score (nSPS) is 21.3. The van der Waals surface area contributed by atoms with Gasteiger partial charge < -0.3 is 4.74 Å². The molecule has 3 rings (SSSR count). The van der Waals surface area contributed by atoms with Gasteiger partial charge in [-0.2, -0.15) is 0 Å². The minimum atomic E-state index is -0.105. The van der Waals surface area contributed by atoms with Crippen LogP contribution < -0.4 is 5.32 Å². The fraction of sp³-hybridized carbons (Fsp3) is 0.474. The molecule has 1 amide bonds. The van der Waals surface area contributed by atoms with Crippen LogP contribution in [0.25, 0.3) is 0 Å². The van der Waals surface area contributed by atoms with Gasteiger partial charge in [0.15, 0.2) is 5.13 Å². The summed E-state index contributed by atoms with van der Waals surface area (Å²) in [4.78, 5) is 19.4. The Morgan fingerprint density at radius 3 is 2.72 bits per heavy atom. The molecule has 5 nitrogen and oxygen atoms in total. The number of rotatable bonds is 4. The number of carbonyl (C=O) groups is 1. The van der Waals surface area contributed by atoms with Crippen LogP contribution in [0.4, 0.5) is 5.13 Å². The molecule has 2 heterocycles. The number of thiazole rings is 1. The first-order valence-corrected chi connectivity index (χ1v) is 9.49. The molecule has 1 aromatic carbocycles. The molecule has 1 aliphatic heterocycles. The fourth-order valence-electron chi connectivity index (χ4n) is 3.31. The maximum absolute atomic E-state index is 12.5. The van der Waals surface area contributed by atoms with E-state index >= 15 is 0 Å². The number of nitrogens with zero attached hydrogens (tertiary/aromatic N) is 2. The molecule has 1 saturated heterocycles. The highest BCUT2D eigenvalue weighted by Crippen LogP contribution is 2.20. The highest BCUT2D eigenvalue weighted by atomic mass is 32.1. The third-order valence-corrected chi connectivity index (χ3v) is 5.09. The van der Waals surface area contributed by atoms with E-state index in [-0.39, 0.29) is 18.1 Å². The molecule has 0 saturated carbocycles. The van der Waals surface area contributed by atoms with Crippen molar-refractivity contribution in [3.63, 3.8) is 0 Å². The third kappa shape index (κ3) is 4.66. The molecule has 2 aromatic rings. The van der Waals surface area contributed by atoms with Crippen LogP contribution >= 0.6 is 11.3 Å². The first-order chi connectivity index (χ1) is 11.9. The highest BCUT2D eigenvalue weighted by Gasteiger charge is 2.23. The number of amides is 1. The number of aromatic nitrogens is 1. The molecule has 1 fully saturated rings. The van der Waals surface area contributed by atoms with Gasteiger partial charge in [-0.05, 0) is 39.3 Å². The first-order valence-electron chi connectivity index (χ1n) is 8.61. The second kappa shape index (κ2) is 7.64. The SMILES string of the molecule is Cc1ccc(C(=O)Nc2nc(CN3CC(C)OC(C)C3)cs2)c(C)c1. The van der Waals surface area contributed by atoms with Crippen LogP contribution in [0.3, 0.4) is 0 Å². The number of benzene rings is 1. The van der Waals surface area contributed by atoms with Gasteiger partial charge in [-0.25, -0.2) is 4.98 Å². The van der Waals surface area contributed by atoms with Crippen molar-refractivity contribution in [1.29, 1.82) is 0 Å². The van der Waals surface area contributed by atoms with Crippen molar-refractivity contribution in [3.05, 3.63) is 46.0 Å². The van der Waals surface area contributed by atoms with Gasteiger partial charge in [0.05, 0.1) is 17.9 Å². The Kier molecular flexibility index (Phi) is 5.51. The lowest BCUT2D eigenvalue weighted by Gasteiger charge is -2.34. The number of anilines is 1. The predicted molar refractivity (Wildman–Crippen MR) is 101 cm³/mol. The zero-order valence-corrected chi connectivity index (χ0v) is 16.0. The molecular weight excluding hydrogens is 334 g/mol. The number of morpholine rings is 1. The van der Waals surface area contributed by atoms with Crippen molar-refractivity contribution in [1.82, 2.24) is 9.88 Å². The molecule has 25 heavy (non-hydrogen) atoms. The number of hydrogen-bond donors (Lipinski definition) is 1. The van der Waals surface area contributed by atoms with E-state index in [4.69, 9.17) is 4.74 Å². The van der Waals surface area contributed by atoms with E-state index in [1.165, 1.54) is 11.3 Å². The molecule has 2 atom stereocenters. The second-order valence-corrected chi connectivity index (χ2v) is 7.73. The Balaban J connectivity index is 1.62. The first kappa shape index (κ1) is 18.0. The Bertz CT molecular complexity index is 749. The summed E-state index contributed by atoms with van der Waals surface area (Å²) in [5.41, 5.74) is 3.81. The number of ether oxygens (including phenoxy) is 1. The average molecular weight is 359 g/mol. The zero-order valence-electron chi connectivity index (χ0n) is 15.2. The summed E-state index contributed by atoms with van der Waals surface area (Å²) in [5, 5.41) is 5.58. The van der Waals surface area contributed by atoms with Crippen LogP contribution in [-0.4, -0.2) is 41.1 Å². The van der Waals surface area contributed by atoms with Crippen molar-refractivity contribution < 1.29 is 9.53 Å². The summed E-state index contributed by atoms with van der Waals surface area (Å²) < 4.78 is 5.76. The van der Waals surface area contributed by atoms with Gasteiger partial charge in [0.2, 0.25) is 0 Å². The van der Waals surface area contributed by atoms with Crippen molar-refractivity contribution in [3.8, 4) is 0 Å². The predicted octanol–water partition coefficient (Wildman–Crippen LogP) is 3.62. The summed E-state index contributed by atoms with van der Waals surface area (Å²) >= 11 is 1.47. The second-order valence-electron chi connectivity index (χ2n) is 6.87. The van der Waals surface area contributed by atoms with Crippen LogP contribution in [0.1, 0.15) is 41.0 Å². The van der Waals surface area contributed by atoms with Crippen LogP contribution in [0.2, 0.25) is 0 Å². The van der Waals surface area contributed by atoms with Crippen LogP contribution in [-0.2, 0) is 11.3 Å². The maximum Gasteiger partial charge on any atom is 0.257 e. The summed E-state index contributed by atoms with van der Waals surface area (Å²) in [5.74, 6) is -0.105. The standard InChI is InChI=1S/C19H25N3O2S/c1-12-5-6-17(13(2)7-12)18(23)21-19-20-16(11-25-19)10-22-8-14(3)24-15(4)9-22/h5-7,11,14-15H,8-10H2,1-4H3,(H,20,21,23). The average Bonchev–Trinajstić information content (AvgIpc) is 2.92. The Labute approximate surface area is 153 Å². The monoisotopic (exact) mass is 359 g/mol. The lowest BCUT2D eigenvalue weighted by Crippen LogP contribution is -2.44. The lowest BCUT2D eigenvalue weighted by atomic mass is 10.1. The maximum atomic E-state index is 12.5. The van der Waals surface area contributed by atoms with Crippen LogP contribution in [0.15, 0.2) is 23.6 Å². The molecule has 0 radical (unpaired) electrons. The van der Waals surface area contributed by atoms with Crippen molar-refractivity contribution in [2.75, 3.05) is 18.4 Å². The summed E-state index contributed by atoms with van der Waals surface area (Å²) in [7, 11) is 0. The van der Waals surface area contributed by atoms with Gasteiger partial charge in [0.1, 0.15) is 0 Å². The van der Waals surface area contributed by atoms with Crippen molar-refractivity contribution in [2.24, 2.45) is 0 Å². The van der Waals surface area contributed by atoms with E-state index in [0.717, 1.165) is 36.5 Å². The van der Waals surface area contributed by atoms with Gasteiger partial charge in [-0.1, -0.05) is 17.7 Å². The highest BCUT2D eigenvalue weighted by molar-refractivity contribution is 7.13. The van der Waals surface area contributed by atoms with Crippen LogP contribution in [0.5, 0.6) is 0 Å². The molecule has 2 unspecified atom stereocenters. The molecule has 1 aromatic heterocycles. The van der Waals surface area contributed by atoms with E-state index in [0.29, 0.717) is 10.7 Å². The van der Waals surface area contributed by atoms with E-state index in [1.807, 2.05) is 37.4 Å². The molecule has 1 aliphatic rings. The van der Waals surface area contributed by atoms with Crippen molar-refractivity contribution >= 4 is 22.4 Å². The molecule has 6 heteroatoms. The topological polar surface area (TPSA) is 54.5 Å². The number of aryl methyl sites for hydroxylation is 2. The third-order valence-electron chi connectivity index (χ3n) is 4.28. The lowest BCUT2D eigenvalue weighted by molar-refractivity contribution is -0.0707. The molecule has 0 aliphatic carbocycles. The molecule has 0 bridgehead atoms. The molecular formula is C19H25N3O2S. The van der Waals surface area contributed by atoms with Gasteiger partial charge in [0, 0.05) is 30.6 Å². The summed E-state index contributed by atoms with van der Waals surface area (Å²) in [6, 6.07) is 5.84. The molecule has 1 N–H and O–H groups in total. The van der Waals surface area contributed by atoms with Gasteiger partial charge in [-0.3, -0.25) is 15.0 Å². The number of nitrogens with one attached hydrogen (secondary N) is 1. The number of hydrogen-bond acceptors (Lipinski definition) is 5. The summed E-state index contributed by atoms with van der Waals surface area (Å²) in [6.45, 7) is 10.8. The van der Waals surface area contributed by atoms with E-state index in [1.54, 1.807) is 0 Å². The van der Waals surface area contributed by atoms with Gasteiger partial charge >= 0.3 is 0 Å². The molecule has 0 spiro atoms. The molecule has 134 valence electrons. The number of carbonyl (C=O) groups excluding carboxylic acids is 1. The Hall–Kier alpha value is -1.76. The zero-order chi connectivity index (χ0) is 18.0. The van der Waals surface area contributed by atoms with Crippen molar-refractivity contribution in [2.45, 2.75) is 46.4 Å². The summed E-state index contributed by atoms with van der Waals surface area (Å²) in [6.07, 6.45) is 0.483. The fourth-order valence-corrected chi connectivity index (χ4v) is 4.01. The van der Waals surface area contributed by atoms with Crippen LogP contribution in [0, 0.1) is 13.8 Å². The Morgan fingerprint density at radius 1 is 1.32 bits per heavy atom. The minimum absolute atomic E-state index is 0.105. The van der Waals surface area contributed by atoms with E-state index < -0.39 is 0 Å². The Morgan fingerprint density at radius 2 is 2.04 bits per heavy atom. The van der Waals surface area contributed by atoms with E-state index in [2.05, 4.69) is 29.0 Å². The largest absolute Gasteiger partial charge is 0.373 e. The van der Waals surface area contributed by atoms with Gasteiger partial charge in [0.25, 0.3) is 5.91 Å². The smallest absolute Gasteiger partial charge is 0.257 e.